The molecule has 1 aliphatic rings. The van der Waals surface area contributed by atoms with Crippen molar-refractivity contribution in [3.63, 3.8) is 0 Å². The smallest absolute Gasteiger partial charge is 0.321 e. The van der Waals surface area contributed by atoms with Crippen LogP contribution in [0.1, 0.15) is 12.1 Å². The quantitative estimate of drug-likeness (QED) is 0.856. The maximum Gasteiger partial charge on any atom is 0.321 e. The molecule has 7 heteroatoms. The number of aromatic nitrogens is 1. The van der Waals surface area contributed by atoms with E-state index in [1.165, 1.54) is 6.20 Å². The Bertz CT molecular complexity index is 483. The number of carboxylic acids is 1. The molecule has 0 saturated carbocycles. The van der Waals surface area contributed by atoms with Crippen LogP contribution in [0.3, 0.4) is 0 Å². The Morgan fingerprint density at radius 3 is 2.90 bits per heavy atom. The van der Waals surface area contributed by atoms with E-state index in [-0.39, 0.29) is 18.5 Å². The lowest BCUT2D eigenvalue weighted by Crippen LogP contribution is -2.40. The largest absolute Gasteiger partial charge is 0.481 e. The number of rotatable bonds is 4. The molecule has 1 saturated heterocycles. The Balaban J connectivity index is 1.91. The zero-order chi connectivity index (χ0) is 14.5. The highest BCUT2D eigenvalue weighted by molar-refractivity contribution is 5.89. The first-order valence-corrected chi connectivity index (χ1v) is 6.34. The summed E-state index contributed by atoms with van der Waals surface area (Å²) in [5, 5.41) is 11.4. The molecular formula is C13H17N3O4. The summed E-state index contributed by atoms with van der Waals surface area (Å²) in [5.74, 6) is -0.935. The molecule has 0 spiro atoms. The minimum Gasteiger partial charge on any atom is -0.481 e. The summed E-state index contributed by atoms with van der Waals surface area (Å²) >= 11 is 0. The van der Waals surface area contributed by atoms with Crippen molar-refractivity contribution in [2.75, 3.05) is 25.6 Å². The van der Waals surface area contributed by atoms with Gasteiger partial charge in [-0.3, -0.25) is 9.78 Å². The van der Waals surface area contributed by atoms with Crippen LogP contribution >= 0.6 is 0 Å². The minimum absolute atomic E-state index is 0.0919. The lowest BCUT2D eigenvalue weighted by molar-refractivity contribution is -0.136. The highest BCUT2D eigenvalue weighted by atomic mass is 16.5. The SMILES string of the molecule is CN(C(=O)Nc1ccc(CC(=O)O)nc1)C1CCOC1. The van der Waals surface area contributed by atoms with Crippen molar-refractivity contribution in [1.29, 1.82) is 0 Å². The van der Waals surface area contributed by atoms with Gasteiger partial charge in [-0.15, -0.1) is 0 Å². The molecule has 1 aromatic rings. The number of carbonyl (C=O) groups excluding carboxylic acids is 1. The number of nitrogens with zero attached hydrogens (tertiary/aromatic N) is 2. The molecule has 2 rings (SSSR count). The van der Waals surface area contributed by atoms with Gasteiger partial charge in [0.25, 0.3) is 0 Å². The van der Waals surface area contributed by atoms with Crippen LogP contribution in [0.2, 0.25) is 0 Å². The zero-order valence-electron chi connectivity index (χ0n) is 11.2. The molecule has 1 aromatic heterocycles. The third kappa shape index (κ3) is 3.67. The van der Waals surface area contributed by atoms with E-state index in [0.717, 1.165) is 6.42 Å². The number of hydrogen-bond donors (Lipinski definition) is 2. The van der Waals surface area contributed by atoms with Crippen molar-refractivity contribution in [2.24, 2.45) is 0 Å². The van der Waals surface area contributed by atoms with Crippen LogP contribution < -0.4 is 5.32 Å². The van der Waals surface area contributed by atoms with E-state index in [2.05, 4.69) is 10.3 Å². The van der Waals surface area contributed by atoms with Crippen LogP contribution in [0.15, 0.2) is 18.3 Å². The third-order valence-electron chi connectivity index (χ3n) is 3.18. The molecule has 0 aromatic carbocycles. The molecule has 2 N–H and O–H groups in total. The molecule has 1 unspecified atom stereocenters. The number of anilines is 1. The second-order valence-electron chi connectivity index (χ2n) is 4.67. The van der Waals surface area contributed by atoms with Crippen LogP contribution in [-0.2, 0) is 16.0 Å². The lowest BCUT2D eigenvalue weighted by Gasteiger charge is -2.23. The lowest BCUT2D eigenvalue weighted by atomic mass is 10.2. The topological polar surface area (TPSA) is 91.8 Å². The summed E-state index contributed by atoms with van der Waals surface area (Å²) in [4.78, 5) is 28.1. The normalized spacial score (nSPS) is 17.8. The Morgan fingerprint density at radius 2 is 2.35 bits per heavy atom. The number of nitrogens with one attached hydrogen (secondary N) is 1. The van der Waals surface area contributed by atoms with Gasteiger partial charge in [0.2, 0.25) is 0 Å². The summed E-state index contributed by atoms with van der Waals surface area (Å²) in [6.45, 7) is 1.23. The van der Waals surface area contributed by atoms with Gasteiger partial charge in [-0.05, 0) is 18.6 Å². The minimum atomic E-state index is -0.935. The van der Waals surface area contributed by atoms with Crippen molar-refractivity contribution >= 4 is 17.7 Å². The van der Waals surface area contributed by atoms with Crippen molar-refractivity contribution < 1.29 is 19.4 Å². The number of ether oxygens (including phenoxy) is 1. The van der Waals surface area contributed by atoms with Gasteiger partial charge >= 0.3 is 12.0 Å². The van der Waals surface area contributed by atoms with Crippen LogP contribution in [0.5, 0.6) is 0 Å². The predicted molar refractivity (Wildman–Crippen MR) is 71.6 cm³/mol. The average Bonchev–Trinajstić information content (AvgIpc) is 2.93. The van der Waals surface area contributed by atoms with Crippen LogP contribution in [0.4, 0.5) is 10.5 Å². The van der Waals surface area contributed by atoms with Gasteiger partial charge in [-0.2, -0.15) is 0 Å². The number of amides is 2. The van der Waals surface area contributed by atoms with Crippen LogP contribution in [-0.4, -0.2) is 53.3 Å². The van der Waals surface area contributed by atoms with E-state index < -0.39 is 5.97 Å². The molecule has 108 valence electrons. The molecule has 1 fully saturated rings. The monoisotopic (exact) mass is 279 g/mol. The summed E-state index contributed by atoms with van der Waals surface area (Å²) in [7, 11) is 1.72. The van der Waals surface area contributed by atoms with Crippen molar-refractivity contribution in [3.05, 3.63) is 24.0 Å². The molecular weight excluding hydrogens is 262 g/mol. The number of carboxylic acid groups (broad SMARTS) is 1. The molecule has 0 radical (unpaired) electrons. The molecule has 0 aliphatic carbocycles. The Labute approximate surface area is 116 Å². The van der Waals surface area contributed by atoms with Gasteiger partial charge in [0.1, 0.15) is 0 Å². The first-order valence-electron chi connectivity index (χ1n) is 6.34. The van der Waals surface area contributed by atoms with E-state index in [4.69, 9.17) is 9.84 Å². The highest BCUT2D eigenvalue weighted by Crippen LogP contribution is 2.13. The maximum atomic E-state index is 12.0. The summed E-state index contributed by atoms with van der Waals surface area (Å²) < 4.78 is 5.24. The molecule has 0 bridgehead atoms. The highest BCUT2D eigenvalue weighted by Gasteiger charge is 2.24. The van der Waals surface area contributed by atoms with Gasteiger partial charge in [0, 0.05) is 13.7 Å². The summed E-state index contributed by atoms with van der Waals surface area (Å²) in [6.07, 6.45) is 2.16. The number of urea groups is 1. The number of pyridine rings is 1. The molecule has 2 amide bonds. The Morgan fingerprint density at radius 1 is 1.55 bits per heavy atom. The Kier molecular flexibility index (Phi) is 4.52. The zero-order valence-corrected chi connectivity index (χ0v) is 11.2. The van der Waals surface area contributed by atoms with Crippen molar-refractivity contribution in [1.82, 2.24) is 9.88 Å². The van der Waals surface area contributed by atoms with Gasteiger partial charge in [0.05, 0.1) is 36.6 Å². The number of likely N-dealkylation sites (N-methyl/N-ethyl adjacent to an activating group) is 1. The second-order valence-corrected chi connectivity index (χ2v) is 4.67. The molecule has 20 heavy (non-hydrogen) atoms. The maximum absolute atomic E-state index is 12.0. The second kappa shape index (κ2) is 6.33. The van der Waals surface area contributed by atoms with E-state index in [1.54, 1.807) is 24.1 Å². The molecule has 1 aliphatic heterocycles. The number of hydrogen-bond acceptors (Lipinski definition) is 4. The fourth-order valence-corrected chi connectivity index (χ4v) is 1.96. The van der Waals surface area contributed by atoms with E-state index in [1.807, 2.05) is 0 Å². The fraction of sp³-hybridized carbons (Fsp3) is 0.462. The summed E-state index contributed by atoms with van der Waals surface area (Å²) in [6, 6.07) is 3.09. The first kappa shape index (κ1) is 14.3. The molecule has 7 nitrogen and oxygen atoms in total. The third-order valence-corrected chi connectivity index (χ3v) is 3.18. The van der Waals surface area contributed by atoms with Crippen LogP contribution in [0, 0.1) is 0 Å². The number of aliphatic carboxylic acids is 1. The van der Waals surface area contributed by atoms with Gasteiger partial charge in [0.15, 0.2) is 0 Å². The van der Waals surface area contributed by atoms with Crippen LogP contribution in [0.25, 0.3) is 0 Å². The van der Waals surface area contributed by atoms with Crippen molar-refractivity contribution in [2.45, 2.75) is 18.9 Å². The van der Waals surface area contributed by atoms with Crippen molar-refractivity contribution in [3.8, 4) is 0 Å². The van der Waals surface area contributed by atoms with Gasteiger partial charge in [-0.25, -0.2) is 4.79 Å². The summed E-state index contributed by atoms with van der Waals surface area (Å²) in [5.41, 5.74) is 0.989. The fourth-order valence-electron chi connectivity index (χ4n) is 1.96. The van der Waals surface area contributed by atoms with E-state index in [0.29, 0.717) is 24.6 Å². The average molecular weight is 279 g/mol. The van der Waals surface area contributed by atoms with Gasteiger partial charge in [-0.1, -0.05) is 0 Å². The van der Waals surface area contributed by atoms with E-state index >= 15 is 0 Å². The predicted octanol–water partition coefficient (Wildman–Crippen LogP) is 0.961. The first-order chi connectivity index (χ1) is 9.56. The number of carbonyl (C=O) groups is 2. The molecule has 1 atom stereocenters. The standard InChI is InChI=1S/C13H17N3O4/c1-16(11-4-5-20-8-11)13(19)15-10-3-2-9(14-7-10)6-12(17)18/h2-3,7,11H,4-6,8H2,1H3,(H,15,19)(H,17,18). The van der Waals surface area contributed by atoms with E-state index in [9.17, 15) is 9.59 Å². The molecule has 2 heterocycles. The Hall–Kier alpha value is -2.15. The van der Waals surface area contributed by atoms with Gasteiger partial charge < -0.3 is 20.1 Å².